The molecule has 1 aliphatic carbocycles. The first-order chi connectivity index (χ1) is 13.2. The van der Waals surface area contributed by atoms with Gasteiger partial charge < -0.3 is 19.5 Å². The molecule has 0 aromatic heterocycles. The van der Waals surface area contributed by atoms with E-state index in [2.05, 4.69) is 17.4 Å². The van der Waals surface area contributed by atoms with E-state index in [-0.39, 0.29) is 18.5 Å². The number of allylic oxidation sites excluding steroid dienone is 2. The average molecular weight is 363 g/mol. The van der Waals surface area contributed by atoms with Crippen molar-refractivity contribution in [3.63, 3.8) is 0 Å². The fraction of sp³-hybridized carbons (Fsp3) is 0.318. The number of anilines is 1. The number of ether oxygens (including phenoxy) is 3. The summed E-state index contributed by atoms with van der Waals surface area (Å²) in [7, 11) is 0. The molecule has 2 heterocycles. The predicted octanol–water partition coefficient (Wildman–Crippen LogP) is 4.38. The van der Waals surface area contributed by atoms with Crippen molar-refractivity contribution in [1.82, 2.24) is 0 Å². The Morgan fingerprint density at radius 3 is 2.67 bits per heavy atom. The van der Waals surface area contributed by atoms with E-state index in [1.807, 2.05) is 31.2 Å². The lowest BCUT2D eigenvalue weighted by Crippen LogP contribution is -2.26. The maximum atomic E-state index is 12.8. The Kier molecular flexibility index (Phi) is 3.81. The summed E-state index contributed by atoms with van der Waals surface area (Å²) in [5, 5.41) is 3.49. The second-order valence-electron chi connectivity index (χ2n) is 7.02. The van der Waals surface area contributed by atoms with E-state index in [0.29, 0.717) is 13.0 Å². The standard InChI is InChI=1S/C22H21NO4/c1-2-25-14-8-6-13(7-9-14)21-15-10-19-20(27-12-26-19)11-17(15)23-16-4-3-5-18(24)22(16)21/h6-11,21,23H,2-5,12H2,1H3. The molecule has 2 aliphatic heterocycles. The Morgan fingerprint density at radius 1 is 1.11 bits per heavy atom. The molecule has 3 aliphatic rings. The second-order valence-corrected chi connectivity index (χ2v) is 7.02. The Balaban J connectivity index is 1.66. The Hall–Kier alpha value is -2.95. The van der Waals surface area contributed by atoms with Gasteiger partial charge in [-0.05, 0) is 49.1 Å². The highest BCUT2D eigenvalue weighted by Gasteiger charge is 2.36. The molecule has 1 atom stereocenters. The molecular formula is C22H21NO4. The highest BCUT2D eigenvalue weighted by molar-refractivity contribution is 6.01. The number of ketones is 1. The summed E-state index contributed by atoms with van der Waals surface area (Å²) in [6, 6.07) is 12.1. The van der Waals surface area contributed by atoms with Gasteiger partial charge in [-0.3, -0.25) is 4.79 Å². The number of fused-ring (bicyclic) bond motifs is 2. The van der Waals surface area contributed by atoms with E-state index < -0.39 is 0 Å². The van der Waals surface area contributed by atoms with E-state index in [4.69, 9.17) is 14.2 Å². The predicted molar refractivity (Wildman–Crippen MR) is 102 cm³/mol. The number of carbonyl (C=O) groups is 1. The van der Waals surface area contributed by atoms with E-state index in [0.717, 1.165) is 58.2 Å². The van der Waals surface area contributed by atoms with Gasteiger partial charge in [0.2, 0.25) is 6.79 Å². The van der Waals surface area contributed by atoms with E-state index >= 15 is 0 Å². The summed E-state index contributed by atoms with van der Waals surface area (Å²) in [6.45, 7) is 2.84. The summed E-state index contributed by atoms with van der Waals surface area (Å²) in [4.78, 5) is 12.8. The minimum absolute atomic E-state index is 0.103. The van der Waals surface area contributed by atoms with Gasteiger partial charge in [0.1, 0.15) is 5.75 Å². The molecule has 27 heavy (non-hydrogen) atoms. The molecule has 0 saturated heterocycles. The van der Waals surface area contributed by atoms with E-state index in [9.17, 15) is 4.79 Å². The van der Waals surface area contributed by atoms with Crippen molar-refractivity contribution in [2.24, 2.45) is 0 Å². The summed E-state index contributed by atoms with van der Waals surface area (Å²) >= 11 is 0. The molecule has 0 amide bonds. The van der Waals surface area contributed by atoms with E-state index in [1.165, 1.54) is 0 Å². The Morgan fingerprint density at radius 2 is 1.89 bits per heavy atom. The number of hydrogen-bond acceptors (Lipinski definition) is 5. The van der Waals surface area contributed by atoms with Crippen LogP contribution in [0.2, 0.25) is 0 Å². The number of rotatable bonds is 3. The molecule has 5 rings (SSSR count). The monoisotopic (exact) mass is 363 g/mol. The smallest absolute Gasteiger partial charge is 0.231 e. The molecule has 0 radical (unpaired) electrons. The van der Waals surface area contributed by atoms with Crippen LogP contribution >= 0.6 is 0 Å². The Bertz CT molecular complexity index is 946. The van der Waals surface area contributed by atoms with E-state index in [1.54, 1.807) is 0 Å². The van der Waals surface area contributed by atoms with Crippen LogP contribution in [0.3, 0.4) is 0 Å². The lowest BCUT2D eigenvalue weighted by molar-refractivity contribution is -0.116. The van der Waals surface area contributed by atoms with Crippen molar-refractivity contribution in [3.05, 3.63) is 58.8 Å². The van der Waals surface area contributed by atoms with Gasteiger partial charge in [-0.15, -0.1) is 0 Å². The first-order valence-corrected chi connectivity index (χ1v) is 9.44. The van der Waals surface area contributed by atoms with Crippen LogP contribution in [0.5, 0.6) is 17.2 Å². The number of hydrogen-bond donors (Lipinski definition) is 1. The van der Waals surface area contributed by atoms with Gasteiger partial charge >= 0.3 is 0 Å². The number of carbonyl (C=O) groups excluding carboxylic acids is 1. The minimum Gasteiger partial charge on any atom is -0.494 e. The fourth-order valence-corrected chi connectivity index (χ4v) is 4.22. The topological polar surface area (TPSA) is 56.8 Å². The number of nitrogens with one attached hydrogen (secondary N) is 1. The van der Waals surface area contributed by atoms with Gasteiger partial charge in [-0.25, -0.2) is 0 Å². The average Bonchev–Trinajstić information content (AvgIpc) is 3.13. The summed E-state index contributed by atoms with van der Waals surface area (Å²) in [5.74, 6) is 2.45. The first-order valence-electron chi connectivity index (χ1n) is 9.44. The van der Waals surface area contributed by atoms with Crippen LogP contribution in [0.1, 0.15) is 43.2 Å². The quantitative estimate of drug-likeness (QED) is 0.877. The van der Waals surface area contributed by atoms with Crippen molar-refractivity contribution in [2.75, 3.05) is 18.7 Å². The van der Waals surface area contributed by atoms with Gasteiger partial charge in [-0.1, -0.05) is 12.1 Å². The largest absolute Gasteiger partial charge is 0.494 e. The zero-order valence-corrected chi connectivity index (χ0v) is 15.2. The Labute approximate surface area is 157 Å². The fourth-order valence-electron chi connectivity index (χ4n) is 4.22. The minimum atomic E-state index is -0.103. The molecule has 0 fully saturated rings. The molecule has 2 aromatic carbocycles. The van der Waals surface area contributed by atoms with Crippen LogP contribution in [0, 0.1) is 0 Å². The maximum absolute atomic E-state index is 12.8. The number of Topliss-reactive ketones (excluding diaryl/α,β-unsaturated/α-hetero) is 1. The van der Waals surface area contributed by atoms with Gasteiger partial charge in [0, 0.05) is 35.4 Å². The summed E-state index contributed by atoms with van der Waals surface area (Å²) in [6.07, 6.45) is 2.39. The highest BCUT2D eigenvalue weighted by Crippen LogP contribution is 2.49. The molecule has 5 nitrogen and oxygen atoms in total. The van der Waals surface area contributed by atoms with Crippen molar-refractivity contribution < 1.29 is 19.0 Å². The highest BCUT2D eigenvalue weighted by atomic mass is 16.7. The van der Waals surface area contributed by atoms with Gasteiger partial charge in [0.15, 0.2) is 17.3 Å². The maximum Gasteiger partial charge on any atom is 0.231 e. The molecule has 1 N–H and O–H groups in total. The molecule has 1 unspecified atom stereocenters. The van der Waals surface area contributed by atoms with Crippen LogP contribution in [0.15, 0.2) is 47.7 Å². The SMILES string of the molecule is CCOc1ccc(C2C3=C(CCCC3=O)Nc3cc4c(cc32)OCO4)cc1. The summed E-state index contributed by atoms with van der Waals surface area (Å²) < 4.78 is 16.7. The van der Waals surface area contributed by atoms with Crippen molar-refractivity contribution in [1.29, 1.82) is 0 Å². The van der Waals surface area contributed by atoms with Crippen LogP contribution in [-0.4, -0.2) is 19.2 Å². The third kappa shape index (κ3) is 2.65. The number of benzene rings is 2. The van der Waals surface area contributed by atoms with Crippen molar-refractivity contribution in [3.8, 4) is 17.2 Å². The third-order valence-electron chi connectivity index (χ3n) is 5.41. The summed E-state index contributed by atoms with van der Waals surface area (Å²) in [5.41, 5.74) is 5.06. The molecular weight excluding hydrogens is 342 g/mol. The van der Waals surface area contributed by atoms with Gasteiger partial charge in [0.25, 0.3) is 0 Å². The van der Waals surface area contributed by atoms with Crippen molar-refractivity contribution >= 4 is 11.5 Å². The molecule has 5 heteroatoms. The van der Waals surface area contributed by atoms with Crippen LogP contribution < -0.4 is 19.5 Å². The van der Waals surface area contributed by atoms with Crippen molar-refractivity contribution in [2.45, 2.75) is 32.1 Å². The van der Waals surface area contributed by atoms with Gasteiger partial charge in [0.05, 0.1) is 6.61 Å². The van der Waals surface area contributed by atoms with Gasteiger partial charge in [-0.2, -0.15) is 0 Å². The van der Waals surface area contributed by atoms with Crippen LogP contribution in [-0.2, 0) is 4.79 Å². The third-order valence-corrected chi connectivity index (χ3v) is 5.41. The lowest BCUT2D eigenvalue weighted by atomic mass is 9.75. The lowest BCUT2D eigenvalue weighted by Gasteiger charge is -2.34. The molecule has 138 valence electrons. The first kappa shape index (κ1) is 16.2. The van der Waals surface area contributed by atoms with Crippen LogP contribution in [0.4, 0.5) is 5.69 Å². The zero-order chi connectivity index (χ0) is 18.4. The molecule has 0 saturated carbocycles. The normalized spacial score (nSPS) is 20.0. The molecule has 0 bridgehead atoms. The second kappa shape index (κ2) is 6.34. The molecule has 0 spiro atoms. The van der Waals surface area contributed by atoms with Crippen LogP contribution in [0.25, 0.3) is 0 Å². The molecule has 2 aromatic rings. The zero-order valence-electron chi connectivity index (χ0n) is 15.2.